The Bertz CT molecular complexity index is 1490. The highest BCUT2D eigenvalue weighted by Crippen LogP contribution is 2.45. The number of esters is 1. The first-order chi connectivity index (χ1) is 26.2. The standard InChI is InChI=1S/C41H63ClO14/c1-20-16-27(15-13-12-14-26-18-28(26)42)53-36(44)23(4)41(47)19-30(22(3)31(56-41)21(2)29(17-20)48-9)54-37-35(50-11)40(8,46)33(25(6)52-37)55-38-34(49-10)39(7,45)32(43)24(5)51-38/h13,15,17,21-35,37-38,43,45-47H,16,18-19H2,1-11H3/b15-13+,20-17+/t21-,22-,23-,24+,25+,26+,27+,28+,29-,30+,31+,32+,33+,34+,35+,37+,38+,39-,40-,41+/m1/s1. The summed E-state index contributed by atoms with van der Waals surface area (Å²) in [4.78, 5) is 13.8. The molecule has 20 atom stereocenters. The molecule has 1 aliphatic carbocycles. The van der Waals surface area contributed by atoms with Crippen molar-refractivity contribution in [3.8, 4) is 11.8 Å². The average molecular weight is 815 g/mol. The van der Waals surface area contributed by atoms with Crippen molar-refractivity contribution < 1.29 is 67.9 Å². The van der Waals surface area contributed by atoms with Crippen LogP contribution in [0.4, 0.5) is 0 Å². The molecule has 0 aromatic rings. The number of alkyl halides is 1. The van der Waals surface area contributed by atoms with Gasteiger partial charge in [-0.2, -0.15) is 0 Å². The molecule has 3 saturated heterocycles. The molecule has 0 unspecified atom stereocenters. The van der Waals surface area contributed by atoms with E-state index in [9.17, 15) is 25.2 Å². The van der Waals surface area contributed by atoms with Gasteiger partial charge in [-0.25, -0.2) is 0 Å². The van der Waals surface area contributed by atoms with Gasteiger partial charge in [0.25, 0.3) is 0 Å². The molecule has 2 bridgehead atoms. The van der Waals surface area contributed by atoms with E-state index in [2.05, 4.69) is 11.8 Å². The molecule has 14 nitrogen and oxygen atoms in total. The summed E-state index contributed by atoms with van der Waals surface area (Å²) in [7, 11) is 4.38. The Hall–Kier alpha value is -1.68. The number of ether oxygens (including phenoxy) is 9. The fourth-order valence-corrected chi connectivity index (χ4v) is 8.88. The Morgan fingerprint density at radius 3 is 2.11 bits per heavy atom. The summed E-state index contributed by atoms with van der Waals surface area (Å²) in [5.41, 5.74) is -2.57. The number of aliphatic hydroxyl groups is 4. The highest BCUT2D eigenvalue weighted by molar-refractivity contribution is 6.22. The van der Waals surface area contributed by atoms with Gasteiger partial charge in [-0.05, 0) is 60.1 Å². The van der Waals surface area contributed by atoms with Crippen molar-refractivity contribution in [2.75, 3.05) is 21.3 Å². The van der Waals surface area contributed by atoms with E-state index in [0.717, 1.165) is 12.0 Å². The lowest BCUT2D eigenvalue weighted by molar-refractivity contribution is -0.395. The first-order valence-corrected chi connectivity index (χ1v) is 20.1. The third kappa shape index (κ3) is 9.36. The summed E-state index contributed by atoms with van der Waals surface area (Å²) in [5.74, 6) is 1.75. The van der Waals surface area contributed by atoms with Crippen molar-refractivity contribution in [3.63, 3.8) is 0 Å². The lowest BCUT2D eigenvalue weighted by atomic mass is 9.77. The SMILES string of the molecule is CO[C@@H]1/C=C(\C)C[C@H](/C=C/C#C[C@H]2C[C@@H]2Cl)OC(=O)[C@@H](C)[C@]2(O)C[C@H](O[C@@H]3O[C@@H](C)[C@H](O[C@@H]4O[C@@H](C)[C@H](O)[C@@](C)(O)[C@H]4OC)[C@@](C)(O)[C@H]3OC)[C@@H](C)[C@@H](O2)[C@@H]1C. The van der Waals surface area contributed by atoms with E-state index in [0.29, 0.717) is 6.42 Å². The number of hydrogen-bond donors (Lipinski definition) is 4. The molecule has 15 heteroatoms. The minimum atomic E-state index is -2.03. The number of allylic oxidation sites excluding steroid dienone is 1. The second-order valence-electron chi connectivity index (χ2n) is 16.8. The summed E-state index contributed by atoms with van der Waals surface area (Å²) in [5, 5.41) is 46.2. The van der Waals surface area contributed by atoms with Crippen molar-refractivity contribution in [2.45, 2.75) is 171 Å². The van der Waals surface area contributed by atoms with Gasteiger partial charge in [-0.15, -0.1) is 11.6 Å². The number of aliphatic hydroxyl groups excluding tert-OH is 1. The van der Waals surface area contributed by atoms with Crippen molar-refractivity contribution in [1.82, 2.24) is 0 Å². The third-order valence-corrected chi connectivity index (χ3v) is 12.9. The normalized spacial score (nSPS) is 51.1. The molecule has 0 amide bonds. The van der Waals surface area contributed by atoms with Crippen molar-refractivity contribution >= 4 is 17.6 Å². The van der Waals surface area contributed by atoms with Crippen LogP contribution in [-0.2, 0) is 47.4 Å². The number of fused-ring (bicyclic) bond motifs is 2. The molecule has 5 rings (SSSR count). The zero-order valence-corrected chi connectivity index (χ0v) is 35.2. The molecule has 0 spiro atoms. The maximum atomic E-state index is 13.8. The monoisotopic (exact) mass is 814 g/mol. The highest BCUT2D eigenvalue weighted by Gasteiger charge is 2.60. The van der Waals surface area contributed by atoms with Crippen molar-refractivity contribution in [3.05, 3.63) is 23.8 Å². The molecular formula is C41H63ClO14. The molecule has 4 heterocycles. The van der Waals surface area contributed by atoms with E-state index in [4.69, 9.17) is 54.2 Å². The van der Waals surface area contributed by atoms with Gasteiger partial charge in [-0.1, -0.05) is 37.3 Å². The van der Waals surface area contributed by atoms with E-state index < -0.39 is 102 Å². The van der Waals surface area contributed by atoms with Crippen LogP contribution in [0.3, 0.4) is 0 Å². The molecular weight excluding hydrogens is 752 g/mol. The quantitative estimate of drug-likeness (QED) is 0.122. The van der Waals surface area contributed by atoms with Crippen LogP contribution in [0.5, 0.6) is 0 Å². The smallest absolute Gasteiger partial charge is 0.314 e. The van der Waals surface area contributed by atoms with Gasteiger partial charge in [-0.3, -0.25) is 4.79 Å². The molecule has 0 aromatic carbocycles. The second-order valence-corrected chi connectivity index (χ2v) is 17.4. The van der Waals surface area contributed by atoms with Gasteiger partial charge in [0, 0.05) is 57.3 Å². The van der Waals surface area contributed by atoms with Crippen LogP contribution in [-0.4, -0.2) is 144 Å². The van der Waals surface area contributed by atoms with E-state index in [-0.39, 0.29) is 29.6 Å². The number of halogens is 1. The number of cyclic esters (lactones) is 1. The second kappa shape index (κ2) is 17.9. The fourth-order valence-electron chi connectivity index (χ4n) is 8.62. The Morgan fingerprint density at radius 2 is 1.50 bits per heavy atom. The summed E-state index contributed by atoms with van der Waals surface area (Å²) in [6.45, 7) is 13.7. The van der Waals surface area contributed by atoms with E-state index in [1.165, 1.54) is 28.1 Å². The number of methoxy groups -OCH3 is 3. The fraction of sp³-hybridized carbons (Fsp3) is 0.829. The van der Waals surface area contributed by atoms with Crippen molar-refractivity contribution in [2.24, 2.45) is 23.7 Å². The van der Waals surface area contributed by atoms with Crippen molar-refractivity contribution in [1.29, 1.82) is 0 Å². The minimum absolute atomic E-state index is 0.0722. The lowest BCUT2D eigenvalue weighted by Crippen LogP contribution is -2.70. The Labute approximate surface area is 336 Å². The number of rotatable bonds is 8. The van der Waals surface area contributed by atoms with E-state index in [1.807, 2.05) is 26.8 Å². The molecule has 56 heavy (non-hydrogen) atoms. The van der Waals surface area contributed by atoms with E-state index >= 15 is 0 Å². The minimum Gasteiger partial charge on any atom is -0.457 e. The Kier molecular flexibility index (Phi) is 14.5. The van der Waals surface area contributed by atoms with Gasteiger partial charge in [0.05, 0.1) is 30.5 Å². The first-order valence-electron chi connectivity index (χ1n) is 19.6. The topological polar surface area (TPSA) is 181 Å². The van der Waals surface area contributed by atoms with Crippen LogP contribution in [0.15, 0.2) is 23.8 Å². The average Bonchev–Trinajstić information content (AvgIpc) is 3.84. The van der Waals surface area contributed by atoms with Crippen LogP contribution in [0, 0.1) is 35.5 Å². The highest BCUT2D eigenvalue weighted by atomic mass is 35.5. The zero-order chi connectivity index (χ0) is 41.5. The van der Waals surface area contributed by atoms with Gasteiger partial charge in [0.1, 0.15) is 47.6 Å². The molecule has 5 aliphatic rings. The molecule has 4 N–H and O–H groups in total. The van der Waals surface area contributed by atoms with Gasteiger partial charge >= 0.3 is 5.97 Å². The predicted octanol–water partition coefficient (Wildman–Crippen LogP) is 2.99. The van der Waals surface area contributed by atoms with E-state index in [1.54, 1.807) is 40.0 Å². The maximum Gasteiger partial charge on any atom is 0.314 e. The molecule has 4 aliphatic heterocycles. The molecule has 318 valence electrons. The van der Waals surface area contributed by atoms with Crippen LogP contribution in [0.1, 0.15) is 74.7 Å². The number of carbonyl (C=O) groups excluding carboxylic acids is 1. The lowest BCUT2D eigenvalue weighted by Gasteiger charge is -2.54. The largest absolute Gasteiger partial charge is 0.457 e. The maximum absolute atomic E-state index is 13.8. The third-order valence-electron chi connectivity index (χ3n) is 12.4. The first kappa shape index (κ1) is 45.4. The summed E-state index contributed by atoms with van der Waals surface area (Å²) in [6.07, 6.45) is -4.64. The van der Waals surface area contributed by atoms with Crippen LogP contribution in [0.2, 0.25) is 0 Å². The Balaban J connectivity index is 1.40. The Morgan fingerprint density at radius 1 is 0.893 bits per heavy atom. The summed E-state index contributed by atoms with van der Waals surface area (Å²) in [6, 6.07) is 0. The molecule has 1 saturated carbocycles. The van der Waals surface area contributed by atoms with Gasteiger partial charge in [0.2, 0.25) is 0 Å². The van der Waals surface area contributed by atoms with Gasteiger partial charge in [0.15, 0.2) is 18.4 Å². The molecule has 0 aromatic heterocycles. The summed E-state index contributed by atoms with van der Waals surface area (Å²) >= 11 is 6.09. The van der Waals surface area contributed by atoms with Crippen LogP contribution >= 0.6 is 11.6 Å². The summed E-state index contributed by atoms with van der Waals surface area (Å²) < 4.78 is 55.1. The zero-order valence-electron chi connectivity index (χ0n) is 34.4. The number of carbonyl (C=O) groups is 1. The van der Waals surface area contributed by atoms with Gasteiger partial charge < -0.3 is 63.1 Å². The van der Waals surface area contributed by atoms with Crippen LogP contribution in [0.25, 0.3) is 0 Å². The molecule has 0 radical (unpaired) electrons. The molecule has 4 fully saturated rings. The van der Waals surface area contributed by atoms with Crippen LogP contribution < -0.4 is 0 Å². The number of hydrogen-bond acceptors (Lipinski definition) is 14. The predicted molar refractivity (Wildman–Crippen MR) is 203 cm³/mol.